The molecule has 0 N–H and O–H groups in total. The van der Waals surface area contributed by atoms with Crippen LogP contribution >= 0.6 is 0 Å². The molecule has 4 nitrogen and oxygen atoms in total. The molecule has 0 fully saturated rings. The zero-order chi connectivity index (χ0) is 11.0. The molecule has 0 spiro atoms. The van der Waals surface area contributed by atoms with E-state index in [1.165, 1.54) is 0 Å². The van der Waals surface area contributed by atoms with Crippen LogP contribution < -0.4 is 0 Å². The topological polar surface area (TPSA) is 38.8 Å². The molecule has 1 amide bonds. The monoisotopic (exact) mass is 203 g/mol. The van der Waals surface area contributed by atoms with Gasteiger partial charge in [0, 0.05) is 27.2 Å². The van der Waals surface area contributed by atoms with Crippen LogP contribution in [0.2, 0.25) is 0 Å². The van der Waals surface area contributed by atoms with Crippen LogP contribution in [0, 0.1) is 0 Å². The highest BCUT2D eigenvalue weighted by molar-refractivity contribution is 5.76. The quantitative estimate of drug-likeness (QED) is 0.617. The SMILES string of the molecule is CCC(=O)N(CCOC)C(C)COC. The van der Waals surface area contributed by atoms with Crippen molar-refractivity contribution in [3.63, 3.8) is 0 Å². The molecule has 0 rings (SSSR count). The highest BCUT2D eigenvalue weighted by Gasteiger charge is 2.17. The van der Waals surface area contributed by atoms with Crippen molar-refractivity contribution in [3.05, 3.63) is 0 Å². The molecule has 0 aliphatic carbocycles. The van der Waals surface area contributed by atoms with Gasteiger partial charge in [-0.1, -0.05) is 6.92 Å². The predicted molar refractivity (Wildman–Crippen MR) is 55.2 cm³/mol. The Morgan fingerprint density at radius 2 is 2.00 bits per heavy atom. The normalized spacial score (nSPS) is 12.6. The lowest BCUT2D eigenvalue weighted by molar-refractivity contribution is -0.134. The van der Waals surface area contributed by atoms with Crippen molar-refractivity contribution in [1.82, 2.24) is 4.90 Å². The summed E-state index contributed by atoms with van der Waals surface area (Å²) in [7, 11) is 3.27. The molecule has 0 aromatic heterocycles. The Kier molecular flexibility index (Phi) is 7.42. The molecule has 1 atom stereocenters. The second kappa shape index (κ2) is 7.76. The molecule has 14 heavy (non-hydrogen) atoms. The number of rotatable bonds is 7. The van der Waals surface area contributed by atoms with Crippen molar-refractivity contribution < 1.29 is 14.3 Å². The largest absolute Gasteiger partial charge is 0.383 e. The summed E-state index contributed by atoms with van der Waals surface area (Å²) in [5, 5.41) is 0. The molecule has 0 aromatic carbocycles. The van der Waals surface area contributed by atoms with Gasteiger partial charge in [-0.05, 0) is 6.92 Å². The number of carbonyl (C=O) groups is 1. The Balaban J connectivity index is 4.14. The highest BCUT2D eigenvalue weighted by Crippen LogP contribution is 2.02. The summed E-state index contributed by atoms with van der Waals surface area (Å²) in [6, 6.07) is 0.114. The number of ether oxygens (including phenoxy) is 2. The summed E-state index contributed by atoms with van der Waals surface area (Å²) >= 11 is 0. The first kappa shape index (κ1) is 13.4. The second-order valence-electron chi connectivity index (χ2n) is 3.24. The van der Waals surface area contributed by atoms with E-state index in [2.05, 4.69) is 0 Å². The third-order valence-electron chi connectivity index (χ3n) is 2.10. The molecule has 1 unspecified atom stereocenters. The van der Waals surface area contributed by atoms with E-state index >= 15 is 0 Å². The summed E-state index contributed by atoms with van der Waals surface area (Å²) in [6.45, 7) is 5.61. The standard InChI is InChI=1S/C10H21NO3/c1-5-10(12)11(6-7-13-3)9(2)8-14-4/h9H,5-8H2,1-4H3. The van der Waals surface area contributed by atoms with E-state index in [1.54, 1.807) is 19.1 Å². The number of hydrogen-bond acceptors (Lipinski definition) is 3. The lowest BCUT2D eigenvalue weighted by Crippen LogP contribution is -2.42. The Morgan fingerprint density at radius 3 is 2.43 bits per heavy atom. The van der Waals surface area contributed by atoms with Gasteiger partial charge < -0.3 is 14.4 Å². The number of nitrogens with zero attached hydrogens (tertiary/aromatic N) is 1. The lowest BCUT2D eigenvalue weighted by atomic mass is 10.2. The van der Waals surface area contributed by atoms with Crippen molar-refractivity contribution in [1.29, 1.82) is 0 Å². The number of carbonyl (C=O) groups excluding carboxylic acids is 1. The van der Waals surface area contributed by atoms with Crippen LogP contribution in [0.15, 0.2) is 0 Å². The van der Waals surface area contributed by atoms with Gasteiger partial charge in [-0.2, -0.15) is 0 Å². The van der Waals surface area contributed by atoms with E-state index in [0.717, 1.165) is 0 Å². The minimum Gasteiger partial charge on any atom is -0.383 e. The first-order valence-electron chi connectivity index (χ1n) is 4.94. The van der Waals surface area contributed by atoms with Crippen molar-refractivity contribution in [2.24, 2.45) is 0 Å². The van der Waals surface area contributed by atoms with Crippen LogP contribution in [0.5, 0.6) is 0 Å². The van der Waals surface area contributed by atoms with Crippen LogP contribution in [0.25, 0.3) is 0 Å². The summed E-state index contributed by atoms with van der Waals surface area (Å²) in [5.41, 5.74) is 0. The molecule has 0 bridgehead atoms. The third-order valence-corrected chi connectivity index (χ3v) is 2.10. The van der Waals surface area contributed by atoms with Crippen LogP contribution in [-0.2, 0) is 14.3 Å². The molecule has 4 heteroatoms. The molecule has 0 saturated heterocycles. The molecule has 0 aromatic rings. The Hall–Kier alpha value is -0.610. The average Bonchev–Trinajstić information content (AvgIpc) is 2.18. The maximum Gasteiger partial charge on any atom is 0.222 e. The maximum atomic E-state index is 11.5. The van der Waals surface area contributed by atoms with Crippen LogP contribution in [-0.4, -0.2) is 50.8 Å². The molecular weight excluding hydrogens is 182 g/mol. The Labute approximate surface area is 86.2 Å². The number of hydrogen-bond donors (Lipinski definition) is 0. The first-order chi connectivity index (χ1) is 6.67. The van der Waals surface area contributed by atoms with Crippen molar-refractivity contribution in [2.75, 3.05) is 34.0 Å². The summed E-state index contributed by atoms with van der Waals surface area (Å²) in [6.07, 6.45) is 0.526. The Bertz CT molecular complexity index is 161. The zero-order valence-corrected chi connectivity index (χ0v) is 9.58. The fourth-order valence-corrected chi connectivity index (χ4v) is 1.31. The van der Waals surface area contributed by atoms with Crippen LogP contribution in [0.3, 0.4) is 0 Å². The van der Waals surface area contributed by atoms with Gasteiger partial charge >= 0.3 is 0 Å². The van der Waals surface area contributed by atoms with E-state index in [0.29, 0.717) is 26.2 Å². The summed E-state index contributed by atoms with van der Waals surface area (Å²) in [4.78, 5) is 13.3. The van der Waals surface area contributed by atoms with Gasteiger partial charge in [0.05, 0.1) is 19.3 Å². The molecule has 0 heterocycles. The maximum absolute atomic E-state index is 11.5. The number of methoxy groups -OCH3 is 2. The van der Waals surface area contributed by atoms with Gasteiger partial charge in [0.1, 0.15) is 0 Å². The van der Waals surface area contributed by atoms with Crippen LogP contribution in [0.4, 0.5) is 0 Å². The van der Waals surface area contributed by atoms with Crippen molar-refractivity contribution in [2.45, 2.75) is 26.3 Å². The third kappa shape index (κ3) is 4.58. The lowest BCUT2D eigenvalue weighted by Gasteiger charge is -2.28. The van der Waals surface area contributed by atoms with Gasteiger partial charge in [0.2, 0.25) is 5.91 Å². The van der Waals surface area contributed by atoms with Gasteiger partial charge in [0.15, 0.2) is 0 Å². The van der Waals surface area contributed by atoms with Crippen molar-refractivity contribution in [3.8, 4) is 0 Å². The average molecular weight is 203 g/mol. The minimum atomic E-state index is 0.114. The predicted octanol–water partition coefficient (Wildman–Crippen LogP) is 0.906. The first-order valence-corrected chi connectivity index (χ1v) is 4.94. The molecule has 0 radical (unpaired) electrons. The minimum absolute atomic E-state index is 0.114. The van der Waals surface area contributed by atoms with E-state index < -0.39 is 0 Å². The number of amides is 1. The molecule has 84 valence electrons. The van der Waals surface area contributed by atoms with Gasteiger partial charge in [-0.15, -0.1) is 0 Å². The van der Waals surface area contributed by atoms with Crippen LogP contribution in [0.1, 0.15) is 20.3 Å². The Morgan fingerprint density at radius 1 is 1.36 bits per heavy atom. The van der Waals surface area contributed by atoms with E-state index in [4.69, 9.17) is 9.47 Å². The molecule has 0 saturated carbocycles. The highest BCUT2D eigenvalue weighted by atomic mass is 16.5. The zero-order valence-electron chi connectivity index (χ0n) is 9.58. The fourth-order valence-electron chi connectivity index (χ4n) is 1.31. The summed E-state index contributed by atoms with van der Waals surface area (Å²) < 4.78 is 9.99. The smallest absolute Gasteiger partial charge is 0.222 e. The summed E-state index contributed by atoms with van der Waals surface area (Å²) in [5.74, 6) is 0.145. The van der Waals surface area contributed by atoms with E-state index in [9.17, 15) is 4.79 Å². The molecule has 0 aliphatic heterocycles. The van der Waals surface area contributed by atoms with E-state index in [-0.39, 0.29) is 11.9 Å². The molecule has 0 aliphatic rings. The second-order valence-corrected chi connectivity index (χ2v) is 3.24. The van der Waals surface area contributed by atoms with E-state index in [1.807, 2.05) is 13.8 Å². The van der Waals surface area contributed by atoms with Gasteiger partial charge in [0.25, 0.3) is 0 Å². The molecular formula is C10H21NO3. The van der Waals surface area contributed by atoms with Gasteiger partial charge in [-0.3, -0.25) is 4.79 Å². The fraction of sp³-hybridized carbons (Fsp3) is 0.900. The van der Waals surface area contributed by atoms with Crippen molar-refractivity contribution >= 4 is 5.91 Å². The van der Waals surface area contributed by atoms with Gasteiger partial charge in [-0.25, -0.2) is 0 Å².